The normalized spacial score (nSPS) is 24.8. The average Bonchev–Trinajstić information content (AvgIpc) is 2.93. The Labute approximate surface area is 102 Å². The maximum Gasteiger partial charge on any atom is 0.159 e. The second kappa shape index (κ2) is 5.14. The summed E-state index contributed by atoms with van der Waals surface area (Å²) in [6.07, 6.45) is 2.22. The quantitative estimate of drug-likeness (QED) is 0.867. The van der Waals surface area contributed by atoms with Crippen LogP contribution in [0.25, 0.3) is 0 Å². The largest absolute Gasteiger partial charge is 0.388 e. The molecule has 0 radical (unpaired) electrons. The first kappa shape index (κ1) is 12.5. The van der Waals surface area contributed by atoms with Gasteiger partial charge in [-0.1, -0.05) is 6.92 Å². The molecule has 5 heteroatoms. The Morgan fingerprint density at radius 3 is 2.82 bits per heavy atom. The molecule has 1 aliphatic rings. The maximum atomic E-state index is 9.29. The highest BCUT2D eigenvalue weighted by molar-refractivity contribution is 5.07. The van der Waals surface area contributed by atoms with Crippen molar-refractivity contribution in [2.45, 2.75) is 58.3 Å². The zero-order valence-electron chi connectivity index (χ0n) is 10.8. The molecular weight excluding hydrogens is 218 g/mol. The van der Waals surface area contributed by atoms with Gasteiger partial charge in [0.1, 0.15) is 12.4 Å². The number of rotatable bonds is 4. The minimum Gasteiger partial charge on any atom is -0.388 e. The van der Waals surface area contributed by atoms with Crippen LogP contribution in [-0.4, -0.2) is 32.6 Å². The second-order valence-electron chi connectivity index (χ2n) is 4.81. The van der Waals surface area contributed by atoms with Gasteiger partial charge in [-0.2, -0.15) is 0 Å². The van der Waals surface area contributed by atoms with Gasteiger partial charge in [0.2, 0.25) is 0 Å². The molecule has 0 aromatic carbocycles. The Balaban J connectivity index is 2.34. The van der Waals surface area contributed by atoms with Gasteiger partial charge in [-0.25, -0.2) is 0 Å². The first-order valence-corrected chi connectivity index (χ1v) is 6.35. The van der Waals surface area contributed by atoms with Crippen LogP contribution in [0.3, 0.4) is 0 Å². The molecule has 96 valence electrons. The summed E-state index contributed by atoms with van der Waals surface area (Å²) in [5, 5.41) is 17.6. The summed E-state index contributed by atoms with van der Waals surface area (Å²) in [5.74, 6) is 1.93. The summed E-state index contributed by atoms with van der Waals surface area (Å²) in [6.45, 7) is 7.04. The van der Waals surface area contributed by atoms with E-state index in [-0.39, 0.29) is 18.8 Å². The van der Waals surface area contributed by atoms with E-state index in [4.69, 9.17) is 4.74 Å². The molecule has 0 saturated carbocycles. The molecule has 0 amide bonds. The average molecular weight is 239 g/mol. The summed E-state index contributed by atoms with van der Waals surface area (Å²) in [4.78, 5) is 0. The first-order valence-electron chi connectivity index (χ1n) is 6.35. The summed E-state index contributed by atoms with van der Waals surface area (Å²) in [6, 6.07) is 0.264. The summed E-state index contributed by atoms with van der Waals surface area (Å²) >= 11 is 0. The molecule has 1 aromatic heterocycles. The number of hydrogen-bond donors (Lipinski definition) is 1. The molecule has 1 aromatic rings. The van der Waals surface area contributed by atoms with Crippen molar-refractivity contribution in [1.82, 2.24) is 14.8 Å². The van der Waals surface area contributed by atoms with Crippen LogP contribution in [0, 0.1) is 0 Å². The van der Waals surface area contributed by atoms with Gasteiger partial charge in [0, 0.05) is 18.6 Å². The molecule has 0 aliphatic carbocycles. The highest BCUT2D eigenvalue weighted by Crippen LogP contribution is 2.33. The highest BCUT2D eigenvalue weighted by Gasteiger charge is 2.33. The Morgan fingerprint density at radius 2 is 2.24 bits per heavy atom. The minimum atomic E-state index is -0.0600. The van der Waals surface area contributed by atoms with Gasteiger partial charge in [-0.3, -0.25) is 0 Å². The Morgan fingerprint density at radius 1 is 1.47 bits per heavy atom. The number of ether oxygens (including phenoxy) is 1. The van der Waals surface area contributed by atoms with Crippen LogP contribution < -0.4 is 0 Å². The van der Waals surface area contributed by atoms with Crippen molar-refractivity contribution < 1.29 is 9.84 Å². The number of aromatic nitrogens is 3. The van der Waals surface area contributed by atoms with E-state index in [9.17, 15) is 5.11 Å². The smallest absolute Gasteiger partial charge is 0.159 e. The highest BCUT2D eigenvalue weighted by atomic mass is 16.5. The van der Waals surface area contributed by atoms with E-state index in [0.29, 0.717) is 11.7 Å². The Kier molecular flexibility index (Phi) is 3.79. The molecule has 2 heterocycles. The Bertz CT molecular complexity index is 376. The summed E-state index contributed by atoms with van der Waals surface area (Å²) < 4.78 is 7.75. The van der Waals surface area contributed by atoms with E-state index in [1.807, 2.05) is 4.57 Å². The number of hydrogen-bond acceptors (Lipinski definition) is 4. The van der Waals surface area contributed by atoms with Crippen LogP contribution in [0.4, 0.5) is 0 Å². The van der Waals surface area contributed by atoms with Crippen molar-refractivity contribution in [3.63, 3.8) is 0 Å². The lowest BCUT2D eigenvalue weighted by atomic mass is 9.98. The van der Waals surface area contributed by atoms with Crippen molar-refractivity contribution in [2.24, 2.45) is 0 Å². The van der Waals surface area contributed by atoms with Crippen molar-refractivity contribution in [3.05, 3.63) is 11.6 Å². The second-order valence-corrected chi connectivity index (χ2v) is 4.81. The lowest BCUT2D eigenvalue weighted by Gasteiger charge is -2.20. The topological polar surface area (TPSA) is 60.2 Å². The van der Waals surface area contributed by atoms with E-state index < -0.39 is 0 Å². The first-order chi connectivity index (χ1) is 8.19. The monoisotopic (exact) mass is 239 g/mol. The standard InChI is InChI=1S/C12H21N3O2/c1-4-10-9(5-6-17-10)12-14-13-11(7-16)15(12)8(2)3/h8-10,16H,4-7H2,1-3H3. The number of aliphatic hydroxyl groups is 1. The molecule has 0 spiro atoms. The third-order valence-corrected chi connectivity index (χ3v) is 3.39. The predicted molar refractivity (Wildman–Crippen MR) is 63.7 cm³/mol. The molecule has 2 unspecified atom stereocenters. The van der Waals surface area contributed by atoms with Crippen LogP contribution in [-0.2, 0) is 11.3 Å². The number of nitrogens with zero attached hydrogens (tertiary/aromatic N) is 3. The lowest BCUT2D eigenvalue weighted by Crippen LogP contribution is -2.19. The van der Waals surface area contributed by atoms with Crippen molar-refractivity contribution in [3.8, 4) is 0 Å². The fourth-order valence-corrected chi connectivity index (χ4v) is 2.61. The molecule has 1 N–H and O–H groups in total. The molecule has 1 fully saturated rings. The lowest BCUT2D eigenvalue weighted by molar-refractivity contribution is 0.0985. The van der Waals surface area contributed by atoms with Gasteiger partial charge in [0.25, 0.3) is 0 Å². The van der Waals surface area contributed by atoms with Gasteiger partial charge in [-0.15, -0.1) is 10.2 Å². The van der Waals surface area contributed by atoms with E-state index in [2.05, 4.69) is 31.0 Å². The molecule has 1 aliphatic heterocycles. The van der Waals surface area contributed by atoms with Crippen molar-refractivity contribution in [2.75, 3.05) is 6.61 Å². The minimum absolute atomic E-state index is 0.0600. The van der Waals surface area contributed by atoms with E-state index in [0.717, 1.165) is 25.3 Å². The van der Waals surface area contributed by atoms with Gasteiger partial charge < -0.3 is 14.4 Å². The fourth-order valence-electron chi connectivity index (χ4n) is 2.61. The van der Waals surface area contributed by atoms with Crippen LogP contribution >= 0.6 is 0 Å². The van der Waals surface area contributed by atoms with Gasteiger partial charge in [0.15, 0.2) is 5.82 Å². The van der Waals surface area contributed by atoms with Crippen LogP contribution in [0.5, 0.6) is 0 Å². The van der Waals surface area contributed by atoms with E-state index in [1.165, 1.54) is 0 Å². The molecular formula is C12H21N3O2. The molecule has 2 rings (SSSR count). The molecule has 5 nitrogen and oxygen atoms in total. The zero-order valence-corrected chi connectivity index (χ0v) is 10.8. The SMILES string of the molecule is CCC1OCCC1c1nnc(CO)n1C(C)C. The molecule has 2 atom stereocenters. The van der Waals surface area contributed by atoms with Crippen molar-refractivity contribution >= 4 is 0 Å². The third-order valence-electron chi connectivity index (χ3n) is 3.39. The third kappa shape index (κ3) is 2.21. The fraction of sp³-hybridized carbons (Fsp3) is 0.833. The Hall–Kier alpha value is -0.940. The number of aliphatic hydroxyl groups excluding tert-OH is 1. The van der Waals surface area contributed by atoms with Crippen LogP contribution in [0.2, 0.25) is 0 Å². The predicted octanol–water partition coefficient (Wildman–Crippen LogP) is 1.63. The molecule has 0 bridgehead atoms. The summed E-state index contributed by atoms with van der Waals surface area (Å²) in [7, 11) is 0. The van der Waals surface area contributed by atoms with Crippen LogP contribution in [0.1, 0.15) is 57.2 Å². The maximum absolute atomic E-state index is 9.29. The van der Waals surface area contributed by atoms with Crippen LogP contribution in [0.15, 0.2) is 0 Å². The van der Waals surface area contributed by atoms with Gasteiger partial charge in [-0.05, 0) is 26.7 Å². The van der Waals surface area contributed by atoms with Gasteiger partial charge >= 0.3 is 0 Å². The van der Waals surface area contributed by atoms with E-state index >= 15 is 0 Å². The van der Waals surface area contributed by atoms with E-state index in [1.54, 1.807) is 0 Å². The molecule has 1 saturated heterocycles. The molecule has 17 heavy (non-hydrogen) atoms. The van der Waals surface area contributed by atoms with Crippen molar-refractivity contribution in [1.29, 1.82) is 0 Å². The van der Waals surface area contributed by atoms with Gasteiger partial charge in [0.05, 0.1) is 6.10 Å². The zero-order chi connectivity index (χ0) is 12.4. The summed E-state index contributed by atoms with van der Waals surface area (Å²) in [5.41, 5.74) is 0.